The van der Waals surface area contributed by atoms with E-state index in [1.807, 2.05) is 55.5 Å². The average molecular weight is 466 g/mol. The molecule has 2 aromatic carbocycles. The first-order valence-corrected chi connectivity index (χ1v) is 11.1. The van der Waals surface area contributed by atoms with Crippen molar-refractivity contribution in [3.63, 3.8) is 0 Å². The molecule has 3 aromatic rings. The molecule has 1 aromatic heterocycles. The van der Waals surface area contributed by atoms with Gasteiger partial charge in [-0.25, -0.2) is 9.99 Å². The number of hydrogen-bond acceptors (Lipinski definition) is 5. The zero-order valence-electron chi connectivity index (χ0n) is 18.4. The van der Waals surface area contributed by atoms with E-state index in [1.54, 1.807) is 7.11 Å². The van der Waals surface area contributed by atoms with Crippen molar-refractivity contribution in [2.24, 2.45) is 5.10 Å². The highest BCUT2D eigenvalue weighted by molar-refractivity contribution is 6.30. The molecule has 1 aliphatic rings. The van der Waals surface area contributed by atoms with Crippen molar-refractivity contribution in [2.75, 3.05) is 7.11 Å². The van der Waals surface area contributed by atoms with Gasteiger partial charge in [-0.15, -0.1) is 0 Å². The lowest BCUT2D eigenvalue weighted by atomic mass is 9.97. The minimum atomic E-state index is -0.930. The summed E-state index contributed by atoms with van der Waals surface area (Å²) in [6.07, 6.45) is 0.731. The molecule has 0 bridgehead atoms. The number of aliphatic carboxylic acids is 1. The lowest BCUT2D eigenvalue weighted by molar-refractivity contribution is -0.137. The van der Waals surface area contributed by atoms with Gasteiger partial charge < -0.3 is 9.84 Å². The van der Waals surface area contributed by atoms with Crippen LogP contribution in [0, 0.1) is 6.92 Å². The number of amides is 1. The molecule has 0 fully saturated rings. The first-order valence-electron chi connectivity index (χ1n) is 10.7. The molecule has 1 amide bonds. The Bertz CT molecular complexity index is 1240. The number of aryl methyl sites for hydroxylation is 1. The van der Waals surface area contributed by atoms with E-state index < -0.39 is 12.0 Å². The zero-order valence-corrected chi connectivity index (χ0v) is 19.2. The predicted molar refractivity (Wildman–Crippen MR) is 127 cm³/mol. The molecule has 1 atom stereocenters. The number of fused-ring (bicyclic) bond motifs is 1. The van der Waals surface area contributed by atoms with E-state index in [1.165, 1.54) is 5.01 Å². The molecular formula is C25H24ClN3O4. The molecule has 8 heteroatoms. The number of nitrogens with zero attached hydrogens (tertiary/aromatic N) is 3. The van der Waals surface area contributed by atoms with Crippen LogP contribution in [-0.2, 0) is 9.59 Å². The molecule has 0 unspecified atom stereocenters. The third-order valence-electron chi connectivity index (χ3n) is 5.69. The lowest BCUT2D eigenvalue weighted by Crippen LogP contribution is -2.27. The number of carbonyl (C=O) groups excluding carboxylic acids is 1. The van der Waals surface area contributed by atoms with Crippen LogP contribution in [0.1, 0.15) is 48.4 Å². The Labute approximate surface area is 196 Å². The van der Waals surface area contributed by atoms with Crippen molar-refractivity contribution in [3.05, 3.63) is 70.4 Å². The number of benzene rings is 2. The maximum atomic E-state index is 13.1. The molecule has 1 aliphatic heterocycles. The summed E-state index contributed by atoms with van der Waals surface area (Å²) in [4.78, 5) is 28.5. The summed E-state index contributed by atoms with van der Waals surface area (Å²) in [5.74, 6) is -0.479. The fourth-order valence-corrected chi connectivity index (χ4v) is 4.19. The van der Waals surface area contributed by atoms with Crippen LogP contribution < -0.4 is 4.74 Å². The number of rotatable bonds is 7. The smallest absolute Gasteiger partial charge is 0.303 e. The van der Waals surface area contributed by atoms with Crippen LogP contribution in [0.25, 0.3) is 10.9 Å². The van der Waals surface area contributed by atoms with Crippen molar-refractivity contribution in [1.29, 1.82) is 0 Å². The Kier molecular flexibility index (Phi) is 6.60. The number of halogens is 1. The van der Waals surface area contributed by atoms with E-state index in [9.17, 15) is 9.59 Å². The second kappa shape index (κ2) is 9.58. The number of pyridine rings is 1. The van der Waals surface area contributed by atoms with Gasteiger partial charge in [-0.05, 0) is 43.2 Å². The average Bonchev–Trinajstić information content (AvgIpc) is 3.23. The summed E-state index contributed by atoms with van der Waals surface area (Å²) < 4.78 is 5.33. The van der Waals surface area contributed by atoms with Gasteiger partial charge in [0.2, 0.25) is 5.91 Å². The fourth-order valence-electron chi connectivity index (χ4n) is 3.92. The molecule has 0 spiro atoms. The number of ether oxygens (including phenoxy) is 1. The van der Waals surface area contributed by atoms with E-state index in [4.69, 9.17) is 21.4 Å². The number of methoxy groups -OCH3 is 1. The van der Waals surface area contributed by atoms with E-state index in [0.717, 1.165) is 27.7 Å². The lowest BCUT2D eigenvalue weighted by Gasteiger charge is -2.23. The van der Waals surface area contributed by atoms with Gasteiger partial charge in [-0.2, -0.15) is 5.10 Å². The number of carboxylic acid groups (broad SMARTS) is 1. The summed E-state index contributed by atoms with van der Waals surface area (Å²) in [6, 6.07) is 15.0. The topological polar surface area (TPSA) is 92.1 Å². The van der Waals surface area contributed by atoms with Crippen LogP contribution in [0.4, 0.5) is 0 Å². The first-order chi connectivity index (χ1) is 15.9. The van der Waals surface area contributed by atoms with E-state index in [-0.39, 0.29) is 25.2 Å². The van der Waals surface area contributed by atoms with Crippen LogP contribution in [0.15, 0.2) is 53.6 Å². The summed E-state index contributed by atoms with van der Waals surface area (Å²) in [6.45, 7) is 2.01. The largest absolute Gasteiger partial charge is 0.497 e. The molecule has 170 valence electrons. The molecule has 33 heavy (non-hydrogen) atoms. The van der Waals surface area contributed by atoms with Crippen LogP contribution >= 0.6 is 11.6 Å². The van der Waals surface area contributed by atoms with Gasteiger partial charge in [0.25, 0.3) is 0 Å². The third kappa shape index (κ3) is 4.98. The third-order valence-corrected chi connectivity index (χ3v) is 6.00. The van der Waals surface area contributed by atoms with Crippen LogP contribution in [0.3, 0.4) is 0 Å². The van der Waals surface area contributed by atoms with Crippen LogP contribution in [0.5, 0.6) is 5.75 Å². The van der Waals surface area contributed by atoms with Crippen molar-refractivity contribution in [3.8, 4) is 5.75 Å². The van der Waals surface area contributed by atoms with Crippen LogP contribution in [-0.4, -0.2) is 39.8 Å². The Morgan fingerprint density at radius 1 is 1.15 bits per heavy atom. The zero-order chi connectivity index (χ0) is 23.5. The Hall–Kier alpha value is -3.45. The van der Waals surface area contributed by atoms with E-state index in [2.05, 4.69) is 10.1 Å². The SMILES string of the molecule is COc1ccc2nc(Cl)c([C@@H]3CC(c4ccc(C)cc4)=NN3C(=O)CCCC(=O)O)cc2c1. The highest BCUT2D eigenvalue weighted by Crippen LogP contribution is 2.38. The van der Waals surface area contributed by atoms with Crippen molar-refractivity contribution in [1.82, 2.24) is 9.99 Å². The minimum Gasteiger partial charge on any atom is -0.497 e. The second-order valence-corrected chi connectivity index (χ2v) is 8.40. The highest BCUT2D eigenvalue weighted by atomic mass is 35.5. The first kappa shape index (κ1) is 22.7. The molecule has 1 N–H and O–H groups in total. The molecule has 0 saturated carbocycles. The minimum absolute atomic E-state index is 0.0726. The number of carbonyl (C=O) groups is 2. The molecule has 4 rings (SSSR count). The molecule has 2 heterocycles. The summed E-state index contributed by atoms with van der Waals surface area (Å²) in [5.41, 5.74) is 4.24. The molecular weight excluding hydrogens is 442 g/mol. The predicted octanol–water partition coefficient (Wildman–Crippen LogP) is 5.14. The van der Waals surface area contributed by atoms with Gasteiger partial charge >= 0.3 is 5.97 Å². The summed E-state index contributed by atoms with van der Waals surface area (Å²) >= 11 is 6.58. The fraction of sp³-hybridized carbons (Fsp3) is 0.280. The highest BCUT2D eigenvalue weighted by Gasteiger charge is 2.34. The van der Waals surface area contributed by atoms with Gasteiger partial charge in [-0.3, -0.25) is 9.59 Å². The summed E-state index contributed by atoms with van der Waals surface area (Å²) in [7, 11) is 1.60. The molecule has 0 radical (unpaired) electrons. The van der Waals surface area contributed by atoms with Gasteiger partial charge in [0.1, 0.15) is 10.9 Å². The Morgan fingerprint density at radius 3 is 2.61 bits per heavy atom. The Balaban J connectivity index is 1.71. The van der Waals surface area contributed by atoms with Crippen molar-refractivity contribution >= 4 is 40.1 Å². The maximum Gasteiger partial charge on any atom is 0.303 e. The van der Waals surface area contributed by atoms with E-state index in [0.29, 0.717) is 22.9 Å². The normalized spacial score (nSPS) is 15.5. The van der Waals surface area contributed by atoms with Gasteiger partial charge in [0.15, 0.2) is 0 Å². The number of hydrazone groups is 1. The van der Waals surface area contributed by atoms with Gasteiger partial charge in [-0.1, -0.05) is 41.4 Å². The standard InChI is InChI=1S/C25H24ClN3O4/c1-15-6-8-16(9-7-15)21-14-22(29(28-21)23(30)4-3-5-24(31)32)19-13-17-12-18(33-2)10-11-20(17)27-25(19)26/h6-13,22H,3-5,14H2,1-2H3,(H,31,32)/t22-/m0/s1. The molecule has 7 nitrogen and oxygen atoms in total. The van der Waals surface area contributed by atoms with Crippen molar-refractivity contribution in [2.45, 2.75) is 38.6 Å². The summed E-state index contributed by atoms with van der Waals surface area (Å²) in [5, 5.41) is 16.2. The number of aromatic nitrogens is 1. The van der Waals surface area contributed by atoms with Gasteiger partial charge in [0.05, 0.1) is 24.4 Å². The molecule has 0 aliphatic carbocycles. The second-order valence-electron chi connectivity index (χ2n) is 8.05. The quantitative estimate of drug-likeness (QED) is 0.488. The monoisotopic (exact) mass is 465 g/mol. The van der Waals surface area contributed by atoms with E-state index >= 15 is 0 Å². The number of carboxylic acids is 1. The maximum absolute atomic E-state index is 13.1. The van der Waals surface area contributed by atoms with Gasteiger partial charge in [0, 0.05) is 30.2 Å². The van der Waals surface area contributed by atoms with Crippen LogP contribution in [0.2, 0.25) is 5.15 Å². The Morgan fingerprint density at radius 2 is 1.91 bits per heavy atom. The molecule has 0 saturated heterocycles. The van der Waals surface area contributed by atoms with Crippen molar-refractivity contribution < 1.29 is 19.4 Å². The number of hydrogen-bond donors (Lipinski definition) is 1.